The molecule has 5 heteroatoms. The van der Waals surface area contributed by atoms with Crippen LogP contribution in [-0.4, -0.2) is 18.2 Å². The van der Waals surface area contributed by atoms with Gasteiger partial charge < -0.3 is 14.6 Å². The van der Waals surface area contributed by atoms with Gasteiger partial charge in [-0.1, -0.05) is 23.7 Å². The summed E-state index contributed by atoms with van der Waals surface area (Å²) in [6, 6.07) is 10.3. The van der Waals surface area contributed by atoms with Gasteiger partial charge in [0.2, 0.25) is 0 Å². The van der Waals surface area contributed by atoms with Crippen LogP contribution in [-0.2, 0) is 6.61 Å². The fourth-order valence-electron chi connectivity index (χ4n) is 1.90. The highest BCUT2D eigenvalue weighted by molar-refractivity contribution is 6.30. The number of aryl methyl sites for hydroxylation is 1. The Morgan fingerprint density at radius 3 is 2.62 bits per heavy atom. The summed E-state index contributed by atoms with van der Waals surface area (Å²) in [7, 11) is 1.44. The summed E-state index contributed by atoms with van der Waals surface area (Å²) in [5, 5.41) is 9.74. The van der Waals surface area contributed by atoms with Crippen LogP contribution in [0.4, 0.5) is 0 Å². The lowest BCUT2D eigenvalue weighted by atomic mass is 10.1. The van der Waals surface area contributed by atoms with E-state index in [1.54, 1.807) is 30.3 Å². The molecule has 0 aromatic heterocycles. The Balaban J connectivity index is 2.18. The molecule has 0 unspecified atom stereocenters. The third kappa shape index (κ3) is 3.67. The highest BCUT2D eigenvalue weighted by atomic mass is 35.5. The number of benzene rings is 2. The van der Waals surface area contributed by atoms with Crippen molar-refractivity contribution in [3.8, 4) is 11.5 Å². The van der Waals surface area contributed by atoms with E-state index < -0.39 is 5.97 Å². The number of carbonyl (C=O) groups is 1. The van der Waals surface area contributed by atoms with Gasteiger partial charge in [0.1, 0.15) is 23.7 Å². The Bertz CT molecular complexity index is 667. The van der Waals surface area contributed by atoms with Gasteiger partial charge in [0, 0.05) is 5.02 Å². The van der Waals surface area contributed by atoms with Crippen molar-refractivity contribution in [2.75, 3.05) is 7.11 Å². The van der Waals surface area contributed by atoms with Gasteiger partial charge in [0.15, 0.2) is 0 Å². The largest absolute Gasteiger partial charge is 0.496 e. The predicted molar refractivity (Wildman–Crippen MR) is 80.5 cm³/mol. The number of aromatic carboxylic acids is 1. The quantitative estimate of drug-likeness (QED) is 0.909. The number of hydrogen-bond donors (Lipinski definition) is 1. The molecule has 0 bridgehead atoms. The zero-order valence-electron chi connectivity index (χ0n) is 11.7. The van der Waals surface area contributed by atoms with E-state index in [2.05, 4.69) is 0 Å². The van der Waals surface area contributed by atoms with E-state index in [-0.39, 0.29) is 12.2 Å². The van der Waals surface area contributed by atoms with Crippen LogP contribution in [0, 0.1) is 6.92 Å². The van der Waals surface area contributed by atoms with Crippen molar-refractivity contribution in [2.24, 2.45) is 0 Å². The fourth-order valence-corrected chi connectivity index (χ4v) is 2.06. The zero-order valence-corrected chi connectivity index (χ0v) is 12.5. The van der Waals surface area contributed by atoms with Gasteiger partial charge in [-0.15, -0.1) is 0 Å². The van der Waals surface area contributed by atoms with Gasteiger partial charge in [0.25, 0.3) is 0 Å². The second-order valence-corrected chi connectivity index (χ2v) is 4.97. The maximum absolute atomic E-state index is 11.2. The first-order valence-corrected chi connectivity index (χ1v) is 6.68. The second kappa shape index (κ2) is 6.50. The molecule has 0 aliphatic carbocycles. The van der Waals surface area contributed by atoms with E-state index >= 15 is 0 Å². The van der Waals surface area contributed by atoms with E-state index in [0.717, 1.165) is 11.1 Å². The molecule has 0 saturated heterocycles. The normalized spacial score (nSPS) is 10.2. The SMILES string of the molecule is COc1ccc(COc2cc(Cl)ccc2C)cc1C(=O)O. The molecule has 0 amide bonds. The predicted octanol–water partition coefficient (Wildman–Crippen LogP) is 3.93. The maximum Gasteiger partial charge on any atom is 0.339 e. The number of hydrogen-bond acceptors (Lipinski definition) is 3. The Morgan fingerprint density at radius 1 is 1.19 bits per heavy atom. The molecule has 0 radical (unpaired) electrons. The minimum absolute atomic E-state index is 0.112. The van der Waals surface area contributed by atoms with Crippen LogP contribution in [0.3, 0.4) is 0 Å². The van der Waals surface area contributed by atoms with Gasteiger partial charge in [-0.3, -0.25) is 0 Å². The van der Waals surface area contributed by atoms with Gasteiger partial charge in [-0.25, -0.2) is 4.79 Å². The van der Waals surface area contributed by atoms with Crippen LogP contribution in [0.25, 0.3) is 0 Å². The smallest absolute Gasteiger partial charge is 0.339 e. The third-order valence-electron chi connectivity index (χ3n) is 3.04. The lowest BCUT2D eigenvalue weighted by molar-refractivity contribution is 0.0693. The first kappa shape index (κ1) is 15.2. The summed E-state index contributed by atoms with van der Waals surface area (Å²) in [5.41, 5.74) is 1.82. The molecule has 21 heavy (non-hydrogen) atoms. The monoisotopic (exact) mass is 306 g/mol. The van der Waals surface area contributed by atoms with Crippen molar-refractivity contribution < 1.29 is 19.4 Å². The first-order chi connectivity index (χ1) is 10.0. The van der Waals surface area contributed by atoms with Crippen molar-refractivity contribution in [1.82, 2.24) is 0 Å². The Labute approximate surface area is 127 Å². The van der Waals surface area contributed by atoms with E-state index in [1.807, 2.05) is 13.0 Å². The Kier molecular flexibility index (Phi) is 4.70. The molecule has 0 aliphatic heterocycles. The van der Waals surface area contributed by atoms with Crippen molar-refractivity contribution in [3.63, 3.8) is 0 Å². The summed E-state index contributed by atoms with van der Waals surface area (Å²) in [6.45, 7) is 2.17. The lowest BCUT2D eigenvalue weighted by Crippen LogP contribution is -2.03. The molecule has 0 aliphatic rings. The highest BCUT2D eigenvalue weighted by Gasteiger charge is 2.12. The molecule has 1 N–H and O–H groups in total. The highest BCUT2D eigenvalue weighted by Crippen LogP contribution is 2.25. The van der Waals surface area contributed by atoms with Gasteiger partial charge in [-0.05, 0) is 42.3 Å². The van der Waals surface area contributed by atoms with Crippen LogP contribution < -0.4 is 9.47 Å². The molecule has 0 fully saturated rings. The van der Waals surface area contributed by atoms with Gasteiger partial charge in [-0.2, -0.15) is 0 Å². The number of carboxylic acid groups (broad SMARTS) is 1. The van der Waals surface area contributed by atoms with Crippen LogP contribution >= 0.6 is 11.6 Å². The molecular weight excluding hydrogens is 292 g/mol. The summed E-state index contributed by atoms with van der Waals surface area (Å²) in [6.07, 6.45) is 0. The van der Waals surface area contributed by atoms with E-state index in [4.69, 9.17) is 26.2 Å². The van der Waals surface area contributed by atoms with Gasteiger partial charge >= 0.3 is 5.97 Å². The average molecular weight is 307 g/mol. The number of halogens is 1. The lowest BCUT2D eigenvalue weighted by Gasteiger charge is -2.11. The molecule has 0 saturated carbocycles. The minimum atomic E-state index is -1.03. The molecular formula is C16H15ClO4. The summed E-state index contributed by atoms with van der Waals surface area (Å²) in [4.78, 5) is 11.2. The third-order valence-corrected chi connectivity index (χ3v) is 3.27. The van der Waals surface area contributed by atoms with E-state index in [9.17, 15) is 4.79 Å². The number of methoxy groups -OCH3 is 1. The minimum Gasteiger partial charge on any atom is -0.496 e. The van der Waals surface area contributed by atoms with Crippen LogP contribution in [0.15, 0.2) is 36.4 Å². The maximum atomic E-state index is 11.2. The van der Waals surface area contributed by atoms with Crippen molar-refractivity contribution in [3.05, 3.63) is 58.1 Å². The van der Waals surface area contributed by atoms with E-state index in [0.29, 0.717) is 16.5 Å². The average Bonchev–Trinajstić information content (AvgIpc) is 2.47. The zero-order chi connectivity index (χ0) is 15.4. The van der Waals surface area contributed by atoms with Crippen molar-refractivity contribution in [1.29, 1.82) is 0 Å². The molecule has 2 aromatic rings. The van der Waals surface area contributed by atoms with Crippen molar-refractivity contribution in [2.45, 2.75) is 13.5 Å². The summed E-state index contributed by atoms with van der Waals surface area (Å²) in [5.74, 6) is -0.0342. The van der Waals surface area contributed by atoms with Crippen LogP contribution in [0.2, 0.25) is 5.02 Å². The number of ether oxygens (including phenoxy) is 2. The molecule has 0 spiro atoms. The van der Waals surface area contributed by atoms with Crippen LogP contribution in [0.1, 0.15) is 21.5 Å². The first-order valence-electron chi connectivity index (χ1n) is 6.30. The van der Waals surface area contributed by atoms with Crippen molar-refractivity contribution >= 4 is 17.6 Å². The number of carboxylic acids is 1. The van der Waals surface area contributed by atoms with Crippen LogP contribution in [0.5, 0.6) is 11.5 Å². The molecule has 0 heterocycles. The van der Waals surface area contributed by atoms with E-state index in [1.165, 1.54) is 7.11 Å². The molecule has 110 valence electrons. The molecule has 2 aromatic carbocycles. The fraction of sp³-hybridized carbons (Fsp3) is 0.188. The van der Waals surface area contributed by atoms with Gasteiger partial charge in [0.05, 0.1) is 7.11 Å². The molecule has 4 nitrogen and oxygen atoms in total. The standard InChI is InChI=1S/C16H15ClO4/c1-10-3-5-12(17)8-15(10)21-9-11-4-6-14(20-2)13(7-11)16(18)19/h3-8H,9H2,1-2H3,(H,18,19). The second-order valence-electron chi connectivity index (χ2n) is 4.54. The topological polar surface area (TPSA) is 55.8 Å². The summed E-state index contributed by atoms with van der Waals surface area (Å²) < 4.78 is 10.7. The molecule has 0 atom stereocenters. The Morgan fingerprint density at radius 2 is 1.95 bits per heavy atom. The Hall–Kier alpha value is -2.20. The summed E-state index contributed by atoms with van der Waals surface area (Å²) >= 11 is 5.93. The number of rotatable bonds is 5. The molecule has 2 rings (SSSR count).